The molecule has 0 aliphatic carbocycles. The van der Waals surface area contributed by atoms with Gasteiger partial charge in [0, 0.05) is 36.0 Å². The molecule has 0 saturated carbocycles. The number of aromatic nitrogens is 1. The van der Waals surface area contributed by atoms with Crippen molar-refractivity contribution in [3.05, 3.63) is 74.1 Å². The normalized spacial score (nSPS) is 10.6. The van der Waals surface area contributed by atoms with E-state index in [4.69, 9.17) is 4.74 Å². The molecule has 3 aromatic rings. The highest BCUT2D eigenvalue weighted by atomic mass is 16.6. The van der Waals surface area contributed by atoms with Crippen molar-refractivity contribution < 1.29 is 9.66 Å². The molecule has 0 amide bonds. The number of non-ortho nitro benzene ring substituents is 1. The molecule has 7 nitrogen and oxygen atoms in total. The fourth-order valence-corrected chi connectivity index (χ4v) is 2.63. The fourth-order valence-electron chi connectivity index (χ4n) is 2.63. The second kappa shape index (κ2) is 6.64. The Labute approximate surface area is 143 Å². The Kier molecular flexibility index (Phi) is 4.38. The molecule has 3 rings (SSSR count). The van der Waals surface area contributed by atoms with E-state index in [2.05, 4.69) is 10.3 Å². The second-order valence-corrected chi connectivity index (χ2v) is 5.69. The van der Waals surface area contributed by atoms with Crippen molar-refractivity contribution >= 4 is 22.3 Å². The molecule has 0 radical (unpaired) electrons. The first-order valence-corrected chi connectivity index (χ1v) is 7.67. The first-order valence-electron chi connectivity index (χ1n) is 7.67. The number of benzene rings is 2. The number of hydrogen-bond donors (Lipinski definition) is 2. The lowest BCUT2D eigenvalue weighted by Gasteiger charge is -2.10. The smallest absolute Gasteiger partial charge is 0.269 e. The van der Waals surface area contributed by atoms with Crippen molar-refractivity contribution in [3.8, 4) is 5.75 Å². The van der Waals surface area contributed by atoms with Crippen molar-refractivity contribution in [3.63, 3.8) is 0 Å². The van der Waals surface area contributed by atoms with Crippen molar-refractivity contribution in [2.24, 2.45) is 0 Å². The van der Waals surface area contributed by atoms with E-state index in [9.17, 15) is 14.9 Å². The summed E-state index contributed by atoms with van der Waals surface area (Å²) in [5, 5.41) is 14.8. The predicted molar refractivity (Wildman–Crippen MR) is 96.3 cm³/mol. The Bertz CT molecular complexity index is 1010. The molecule has 2 aromatic carbocycles. The zero-order valence-electron chi connectivity index (χ0n) is 13.8. The molecule has 0 fully saturated rings. The fraction of sp³-hybridized carbons (Fsp3) is 0.167. The van der Waals surface area contributed by atoms with Crippen LogP contribution in [-0.2, 0) is 6.54 Å². The SMILES string of the molecule is COc1ccc2cc(CNc3ccc([N+](=O)[O-])cc3C)c(=O)[nH]c2c1. The quantitative estimate of drug-likeness (QED) is 0.549. The minimum atomic E-state index is -0.431. The van der Waals surface area contributed by atoms with Crippen molar-refractivity contribution in [1.29, 1.82) is 0 Å². The molecule has 1 aromatic heterocycles. The van der Waals surface area contributed by atoms with Gasteiger partial charge in [-0.25, -0.2) is 0 Å². The minimum absolute atomic E-state index is 0.0422. The van der Waals surface area contributed by atoms with E-state index >= 15 is 0 Å². The zero-order chi connectivity index (χ0) is 18.0. The maximum absolute atomic E-state index is 12.3. The summed E-state index contributed by atoms with van der Waals surface area (Å²) in [4.78, 5) is 25.5. The lowest BCUT2D eigenvalue weighted by atomic mass is 10.1. The van der Waals surface area contributed by atoms with E-state index < -0.39 is 4.92 Å². The number of fused-ring (bicyclic) bond motifs is 1. The number of nitrogens with one attached hydrogen (secondary N) is 2. The van der Waals surface area contributed by atoms with Crippen LogP contribution >= 0.6 is 0 Å². The van der Waals surface area contributed by atoms with E-state index in [0.717, 1.165) is 16.6 Å². The highest BCUT2D eigenvalue weighted by molar-refractivity contribution is 5.80. The minimum Gasteiger partial charge on any atom is -0.497 e. The van der Waals surface area contributed by atoms with Gasteiger partial charge in [0.1, 0.15) is 5.75 Å². The van der Waals surface area contributed by atoms with Crippen LogP contribution in [0.5, 0.6) is 5.75 Å². The van der Waals surface area contributed by atoms with Gasteiger partial charge in [-0.05, 0) is 42.1 Å². The molecule has 0 aliphatic heterocycles. The highest BCUT2D eigenvalue weighted by Gasteiger charge is 2.09. The third-order valence-corrected chi connectivity index (χ3v) is 4.02. The summed E-state index contributed by atoms with van der Waals surface area (Å²) < 4.78 is 5.16. The maximum Gasteiger partial charge on any atom is 0.269 e. The number of nitrogens with zero attached hydrogens (tertiary/aromatic N) is 1. The van der Waals surface area contributed by atoms with E-state index in [-0.39, 0.29) is 11.2 Å². The van der Waals surface area contributed by atoms with E-state index in [0.29, 0.717) is 23.4 Å². The molecule has 0 spiro atoms. The number of nitro groups is 1. The third kappa shape index (κ3) is 3.45. The first kappa shape index (κ1) is 16.5. The molecular weight excluding hydrogens is 322 g/mol. The van der Waals surface area contributed by atoms with E-state index in [1.165, 1.54) is 12.1 Å². The van der Waals surface area contributed by atoms with Gasteiger partial charge in [0.2, 0.25) is 0 Å². The summed E-state index contributed by atoms with van der Waals surface area (Å²) in [7, 11) is 1.57. The van der Waals surface area contributed by atoms with Crippen LogP contribution in [0.1, 0.15) is 11.1 Å². The lowest BCUT2D eigenvalue weighted by Crippen LogP contribution is -2.16. The van der Waals surface area contributed by atoms with Crippen LogP contribution in [0.25, 0.3) is 10.9 Å². The van der Waals surface area contributed by atoms with Gasteiger partial charge in [0.25, 0.3) is 11.2 Å². The molecule has 128 valence electrons. The van der Waals surface area contributed by atoms with Crippen LogP contribution < -0.4 is 15.6 Å². The number of aryl methyl sites for hydroxylation is 1. The van der Waals surface area contributed by atoms with Crippen LogP contribution in [0.15, 0.2) is 47.3 Å². The summed E-state index contributed by atoms with van der Waals surface area (Å²) >= 11 is 0. The summed E-state index contributed by atoms with van der Waals surface area (Å²) in [5.74, 6) is 0.676. The Morgan fingerprint density at radius 3 is 2.68 bits per heavy atom. The van der Waals surface area contributed by atoms with Gasteiger partial charge < -0.3 is 15.0 Å². The molecular formula is C18H17N3O4. The number of anilines is 1. The van der Waals surface area contributed by atoms with Crippen molar-refractivity contribution in [2.75, 3.05) is 12.4 Å². The van der Waals surface area contributed by atoms with Crippen molar-refractivity contribution in [2.45, 2.75) is 13.5 Å². The third-order valence-electron chi connectivity index (χ3n) is 4.02. The molecule has 2 N–H and O–H groups in total. The standard InChI is InChI=1S/C18H17N3O4/c1-11-7-14(21(23)24)4-6-16(11)19-10-13-8-12-3-5-15(25-2)9-17(12)20-18(13)22/h3-9,19H,10H2,1-2H3,(H,20,22). The van der Waals surface area contributed by atoms with Gasteiger partial charge in [-0.15, -0.1) is 0 Å². The number of methoxy groups -OCH3 is 1. The molecule has 0 saturated heterocycles. The number of H-pyrrole nitrogens is 1. The first-order chi connectivity index (χ1) is 12.0. The van der Waals surface area contributed by atoms with Crippen LogP contribution in [0.2, 0.25) is 0 Å². The van der Waals surface area contributed by atoms with Gasteiger partial charge in [0.15, 0.2) is 0 Å². The molecule has 0 atom stereocenters. The van der Waals surface area contributed by atoms with Gasteiger partial charge >= 0.3 is 0 Å². The Morgan fingerprint density at radius 1 is 1.20 bits per heavy atom. The lowest BCUT2D eigenvalue weighted by molar-refractivity contribution is -0.384. The topological polar surface area (TPSA) is 97.3 Å². The average molecular weight is 339 g/mol. The average Bonchev–Trinajstić information content (AvgIpc) is 2.60. The summed E-state index contributed by atoms with van der Waals surface area (Å²) in [5.41, 5.74) is 2.64. The number of hydrogen-bond acceptors (Lipinski definition) is 5. The molecule has 1 heterocycles. The highest BCUT2D eigenvalue weighted by Crippen LogP contribution is 2.22. The molecule has 0 bridgehead atoms. The van der Waals surface area contributed by atoms with Crippen LogP contribution in [0.4, 0.5) is 11.4 Å². The van der Waals surface area contributed by atoms with Crippen LogP contribution in [0.3, 0.4) is 0 Å². The van der Waals surface area contributed by atoms with Crippen molar-refractivity contribution in [1.82, 2.24) is 4.98 Å². The van der Waals surface area contributed by atoms with Crippen LogP contribution in [0, 0.1) is 17.0 Å². The van der Waals surface area contributed by atoms with Gasteiger partial charge in [-0.3, -0.25) is 14.9 Å². The summed E-state index contributed by atoms with van der Waals surface area (Å²) in [6.45, 7) is 2.10. The van der Waals surface area contributed by atoms with Gasteiger partial charge in [-0.2, -0.15) is 0 Å². The van der Waals surface area contributed by atoms with Gasteiger partial charge in [-0.1, -0.05) is 0 Å². The summed E-state index contributed by atoms with van der Waals surface area (Å²) in [6, 6.07) is 11.9. The molecule has 0 unspecified atom stereocenters. The zero-order valence-corrected chi connectivity index (χ0v) is 13.8. The largest absolute Gasteiger partial charge is 0.497 e. The predicted octanol–water partition coefficient (Wildman–Crippen LogP) is 3.37. The van der Waals surface area contributed by atoms with E-state index in [1.54, 1.807) is 26.2 Å². The summed E-state index contributed by atoms with van der Waals surface area (Å²) in [6.07, 6.45) is 0. The molecule has 7 heteroatoms. The molecule has 0 aliphatic rings. The number of rotatable bonds is 5. The second-order valence-electron chi connectivity index (χ2n) is 5.69. The Morgan fingerprint density at radius 2 is 2.00 bits per heavy atom. The number of aromatic amines is 1. The van der Waals surface area contributed by atoms with Gasteiger partial charge in [0.05, 0.1) is 17.5 Å². The number of nitro benzene ring substituents is 1. The molecule has 25 heavy (non-hydrogen) atoms. The maximum atomic E-state index is 12.3. The number of pyridine rings is 1. The number of ether oxygens (including phenoxy) is 1. The van der Waals surface area contributed by atoms with E-state index in [1.807, 2.05) is 18.2 Å². The Balaban J connectivity index is 1.85. The van der Waals surface area contributed by atoms with Crippen LogP contribution in [-0.4, -0.2) is 17.0 Å². The monoisotopic (exact) mass is 339 g/mol. The Hall–Kier alpha value is -3.35.